The number of carbonyl (C=O) groups excluding carboxylic acids is 2. The molecule has 1 aromatic heterocycles. The summed E-state index contributed by atoms with van der Waals surface area (Å²) in [6, 6.07) is 14.1. The van der Waals surface area contributed by atoms with Gasteiger partial charge in [0.1, 0.15) is 0 Å². The molecule has 0 saturated carbocycles. The average Bonchev–Trinajstić information content (AvgIpc) is 3.17. The third kappa shape index (κ3) is 4.51. The van der Waals surface area contributed by atoms with Gasteiger partial charge in [-0.3, -0.25) is 4.79 Å². The molecule has 7 nitrogen and oxygen atoms in total. The van der Waals surface area contributed by atoms with Gasteiger partial charge in [-0.1, -0.05) is 35.9 Å². The second kappa shape index (κ2) is 8.46. The van der Waals surface area contributed by atoms with Crippen LogP contribution < -0.4 is 5.32 Å². The first-order valence-electron chi connectivity index (χ1n) is 8.13. The van der Waals surface area contributed by atoms with E-state index in [1.165, 1.54) is 13.2 Å². The highest BCUT2D eigenvalue weighted by Crippen LogP contribution is 2.26. The molecule has 0 spiro atoms. The first-order valence-corrected chi connectivity index (χ1v) is 8.50. The lowest BCUT2D eigenvalue weighted by atomic mass is 10.2. The maximum Gasteiger partial charge on any atom is 0.339 e. The number of carbonyl (C=O) groups is 2. The van der Waals surface area contributed by atoms with E-state index in [9.17, 15) is 9.59 Å². The number of anilines is 1. The highest BCUT2D eigenvalue weighted by molar-refractivity contribution is 6.36. The summed E-state index contributed by atoms with van der Waals surface area (Å²) in [5.41, 5.74) is 1.33. The number of ether oxygens (including phenoxy) is 1. The van der Waals surface area contributed by atoms with Gasteiger partial charge in [0, 0.05) is 18.4 Å². The molecule has 0 saturated heterocycles. The van der Waals surface area contributed by atoms with Crippen LogP contribution in [0.15, 0.2) is 52.9 Å². The number of amides is 1. The molecule has 1 amide bonds. The third-order valence-electron chi connectivity index (χ3n) is 3.73. The summed E-state index contributed by atoms with van der Waals surface area (Å²) in [5, 5.41) is 10.7. The van der Waals surface area contributed by atoms with Crippen molar-refractivity contribution in [1.82, 2.24) is 10.2 Å². The molecule has 1 N–H and O–H groups in total. The Bertz CT molecular complexity index is 957. The standard InChI is InChI=1S/C19H16ClN3O4/c1-26-19(25)13-8-5-9-14(17(13)20)21-15(24)10-11-16-22-23-18(27-16)12-6-3-2-4-7-12/h2-9H,10-11H2,1H3,(H,21,24). The molecule has 138 valence electrons. The summed E-state index contributed by atoms with van der Waals surface area (Å²) < 4.78 is 10.2. The Morgan fingerprint density at radius 3 is 2.63 bits per heavy atom. The van der Waals surface area contributed by atoms with Crippen LogP contribution in [0, 0.1) is 0 Å². The topological polar surface area (TPSA) is 94.3 Å². The second-order valence-electron chi connectivity index (χ2n) is 5.57. The molecule has 0 aliphatic heterocycles. The molecule has 0 atom stereocenters. The largest absolute Gasteiger partial charge is 0.465 e. The normalized spacial score (nSPS) is 10.4. The molecule has 27 heavy (non-hydrogen) atoms. The number of nitrogens with one attached hydrogen (secondary N) is 1. The van der Waals surface area contributed by atoms with Crippen molar-refractivity contribution < 1.29 is 18.7 Å². The lowest BCUT2D eigenvalue weighted by molar-refractivity contribution is -0.116. The minimum Gasteiger partial charge on any atom is -0.465 e. The predicted octanol–water partition coefficient (Wildman–Crippen LogP) is 3.75. The monoisotopic (exact) mass is 385 g/mol. The molecule has 0 bridgehead atoms. The molecule has 2 aromatic carbocycles. The Hall–Kier alpha value is -3.19. The van der Waals surface area contributed by atoms with Crippen LogP contribution in [0.25, 0.3) is 11.5 Å². The number of aryl methyl sites for hydroxylation is 1. The molecule has 0 aliphatic carbocycles. The average molecular weight is 386 g/mol. The molecule has 8 heteroatoms. The van der Waals surface area contributed by atoms with Crippen LogP contribution in [0.5, 0.6) is 0 Å². The minimum atomic E-state index is -0.574. The molecule has 3 aromatic rings. The van der Waals surface area contributed by atoms with Crippen LogP contribution in [0.4, 0.5) is 5.69 Å². The number of hydrogen-bond acceptors (Lipinski definition) is 6. The lowest BCUT2D eigenvalue weighted by Gasteiger charge is -2.09. The van der Waals surface area contributed by atoms with Gasteiger partial charge in [-0.2, -0.15) is 0 Å². The number of esters is 1. The van der Waals surface area contributed by atoms with Gasteiger partial charge in [-0.15, -0.1) is 10.2 Å². The van der Waals surface area contributed by atoms with Crippen molar-refractivity contribution in [3.63, 3.8) is 0 Å². The number of nitrogens with zero attached hydrogens (tertiary/aromatic N) is 2. The highest BCUT2D eigenvalue weighted by Gasteiger charge is 2.16. The molecule has 3 rings (SSSR count). The van der Waals surface area contributed by atoms with E-state index in [4.69, 9.17) is 16.0 Å². The zero-order valence-electron chi connectivity index (χ0n) is 14.4. The van der Waals surface area contributed by atoms with Crippen LogP contribution >= 0.6 is 11.6 Å². The van der Waals surface area contributed by atoms with Crippen molar-refractivity contribution in [2.45, 2.75) is 12.8 Å². The number of benzene rings is 2. The van der Waals surface area contributed by atoms with Gasteiger partial charge in [0.15, 0.2) is 0 Å². The minimum absolute atomic E-state index is 0.120. The van der Waals surface area contributed by atoms with Crippen LogP contribution in [-0.2, 0) is 16.0 Å². The Kier molecular flexibility index (Phi) is 5.83. The summed E-state index contributed by atoms with van der Waals surface area (Å²) in [4.78, 5) is 23.8. The third-order valence-corrected chi connectivity index (χ3v) is 4.14. The number of rotatable bonds is 6. The van der Waals surface area contributed by atoms with E-state index < -0.39 is 5.97 Å². The van der Waals surface area contributed by atoms with Gasteiger partial charge in [0.25, 0.3) is 0 Å². The van der Waals surface area contributed by atoms with Crippen LogP contribution in [-0.4, -0.2) is 29.2 Å². The first-order chi connectivity index (χ1) is 13.1. The molecule has 0 radical (unpaired) electrons. The number of halogens is 1. The van der Waals surface area contributed by atoms with Crippen molar-refractivity contribution in [3.8, 4) is 11.5 Å². The van der Waals surface area contributed by atoms with Gasteiger partial charge in [0.05, 0.1) is 23.4 Å². The van der Waals surface area contributed by atoms with Gasteiger partial charge in [-0.25, -0.2) is 4.79 Å². The van der Waals surface area contributed by atoms with E-state index in [1.54, 1.807) is 12.1 Å². The summed E-state index contributed by atoms with van der Waals surface area (Å²) in [6.45, 7) is 0. The van der Waals surface area contributed by atoms with E-state index in [2.05, 4.69) is 20.3 Å². The summed E-state index contributed by atoms with van der Waals surface area (Å²) in [7, 11) is 1.26. The van der Waals surface area contributed by atoms with E-state index >= 15 is 0 Å². The molecular weight excluding hydrogens is 370 g/mol. The lowest BCUT2D eigenvalue weighted by Crippen LogP contribution is -2.14. The molecule has 0 unspecified atom stereocenters. The Morgan fingerprint density at radius 2 is 1.89 bits per heavy atom. The number of hydrogen-bond donors (Lipinski definition) is 1. The maximum absolute atomic E-state index is 12.2. The van der Waals surface area contributed by atoms with Crippen molar-refractivity contribution in [2.24, 2.45) is 0 Å². The molecule has 0 fully saturated rings. The second-order valence-corrected chi connectivity index (χ2v) is 5.95. The van der Waals surface area contributed by atoms with Crippen LogP contribution in [0.1, 0.15) is 22.7 Å². The fraction of sp³-hybridized carbons (Fsp3) is 0.158. The van der Waals surface area contributed by atoms with E-state index in [0.717, 1.165) is 5.56 Å². The quantitative estimate of drug-likeness (QED) is 0.649. The Balaban J connectivity index is 1.61. The molecular formula is C19H16ClN3O4. The summed E-state index contributed by atoms with van der Waals surface area (Å²) >= 11 is 6.16. The fourth-order valence-corrected chi connectivity index (χ4v) is 2.63. The highest BCUT2D eigenvalue weighted by atomic mass is 35.5. The summed E-state index contributed by atoms with van der Waals surface area (Å²) in [6.07, 6.45) is 0.398. The zero-order chi connectivity index (χ0) is 19.2. The fourth-order valence-electron chi connectivity index (χ4n) is 2.38. The van der Waals surface area contributed by atoms with Gasteiger partial charge in [0.2, 0.25) is 17.7 Å². The van der Waals surface area contributed by atoms with E-state index in [0.29, 0.717) is 17.5 Å². The molecule has 0 aliphatic rings. The van der Waals surface area contributed by atoms with Crippen molar-refractivity contribution in [2.75, 3.05) is 12.4 Å². The Labute approximate surface area is 160 Å². The van der Waals surface area contributed by atoms with Crippen LogP contribution in [0.2, 0.25) is 5.02 Å². The smallest absolute Gasteiger partial charge is 0.339 e. The van der Waals surface area contributed by atoms with Crippen LogP contribution in [0.3, 0.4) is 0 Å². The van der Waals surface area contributed by atoms with Gasteiger partial charge >= 0.3 is 5.97 Å². The van der Waals surface area contributed by atoms with E-state index in [1.807, 2.05) is 30.3 Å². The molecule has 1 heterocycles. The van der Waals surface area contributed by atoms with Gasteiger partial charge in [-0.05, 0) is 24.3 Å². The maximum atomic E-state index is 12.2. The van der Waals surface area contributed by atoms with E-state index in [-0.39, 0.29) is 29.3 Å². The predicted molar refractivity (Wildman–Crippen MR) is 99.5 cm³/mol. The SMILES string of the molecule is COC(=O)c1cccc(NC(=O)CCc2nnc(-c3ccccc3)o2)c1Cl. The Morgan fingerprint density at radius 1 is 1.11 bits per heavy atom. The summed E-state index contributed by atoms with van der Waals surface area (Å²) in [5.74, 6) is -0.105. The first kappa shape index (κ1) is 18.6. The number of methoxy groups -OCH3 is 1. The van der Waals surface area contributed by atoms with Crippen molar-refractivity contribution in [3.05, 3.63) is 65.0 Å². The van der Waals surface area contributed by atoms with Crippen molar-refractivity contribution in [1.29, 1.82) is 0 Å². The van der Waals surface area contributed by atoms with Gasteiger partial charge < -0.3 is 14.5 Å². The van der Waals surface area contributed by atoms with Crippen molar-refractivity contribution >= 4 is 29.2 Å². The number of aromatic nitrogens is 2. The zero-order valence-corrected chi connectivity index (χ0v) is 15.2.